The molecule has 0 radical (unpaired) electrons. The SMILES string of the molecule is CCCCCc1cc(Cc2ccc(Cc3ccc(N)cc3)cc2)ccc1Cc1ccc(Cc2ccc(Cc3ccc(N)cc3)cc2)cc1CCCCC. The minimum Gasteiger partial charge on any atom is -0.399 e. The lowest BCUT2D eigenvalue weighted by Crippen LogP contribution is -2.03. The molecule has 0 unspecified atom stereocenters. The summed E-state index contributed by atoms with van der Waals surface area (Å²) in [7, 11) is 0. The fourth-order valence-electron chi connectivity index (χ4n) is 7.49. The molecule has 0 aliphatic heterocycles. The highest BCUT2D eigenvalue weighted by Crippen LogP contribution is 2.26. The van der Waals surface area contributed by atoms with E-state index in [1.807, 2.05) is 24.3 Å². The molecule has 0 amide bonds. The molecule has 0 aliphatic carbocycles. The number of nitrogen functional groups attached to an aromatic ring is 2. The monoisotopic (exact) mass is 698 g/mol. The van der Waals surface area contributed by atoms with Gasteiger partial charge in [0.25, 0.3) is 0 Å². The number of anilines is 2. The van der Waals surface area contributed by atoms with Crippen LogP contribution in [-0.4, -0.2) is 0 Å². The Kier molecular flexibility index (Phi) is 13.6. The van der Waals surface area contributed by atoms with Gasteiger partial charge in [-0.05, 0) is 149 Å². The summed E-state index contributed by atoms with van der Waals surface area (Å²) in [5, 5.41) is 0. The zero-order valence-corrected chi connectivity index (χ0v) is 32.0. The van der Waals surface area contributed by atoms with Crippen molar-refractivity contribution in [3.05, 3.63) is 200 Å². The Hall–Kier alpha value is -5.08. The molecule has 272 valence electrons. The van der Waals surface area contributed by atoms with E-state index in [1.54, 1.807) is 0 Å². The molecule has 6 aromatic rings. The van der Waals surface area contributed by atoms with E-state index >= 15 is 0 Å². The van der Waals surface area contributed by atoms with Crippen LogP contribution in [0.1, 0.15) is 119 Å². The lowest BCUT2D eigenvalue weighted by Gasteiger charge is -2.16. The third-order valence-electron chi connectivity index (χ3n) is 10.7. The van der Waals surface area contributed by atoms with Crippen LogP contribution in [0.4, 0.5) is 11.4 Å². The van der Waals surface area contributed by atoms with Crippen LogP contribution in [-0.2, 0) is 44.9 Å². The lowest BCUT2D eigenvalue weighted by atomic mass is 9.89. The summed E-state index contributed by atoms with van der Waals surface area (Å²) in [6.45, 7) is 4.60. The molecule has 0 atom stereocenters. The van der Waals surface area contributed by atoms with E-state index in [0.29, 0.717) is 0 Å². The van der Waals surface area contributed by atoms with Crippen LogP contribution in [0, 0.1) is 0 Å². The van der Waals surface area contributed by atoms with Crippen molar-refractivity contribution in [3.63, 3.8) is 0 Å². The first-order valence-corrected chi connectivity index (χ1v) is 20.0. The summed E-state index contributed by atoms with van der Waals surface area (Å²) in [6.07, 6.45) is 14.6. The molecule has 0 aromatic heterocycles. The molecule has 53 heavy (non-hydrogen) atoms. The zero-order chi connectivity index (χ0) is 36.8. The summed E-state index contributed by atoms with van der Waals surface area (Å²) in [6, 6.07) is 49.4. The van der Waals surface area contributed by atoms with Gasteiger partial charge in [0.15, 0.2) is 0 Å². The van der Waals surface area contributed by atoms with Crippen LogP contribution >= 0.6 is 0 Å². The molecule has 0 saturated carbocycles. The number of hydrogen-bond acceptors (Lipinski definition) is 2. The standard InChI is InChI=1S/C51H58N2/c1-3-5-7-9-46-35-44(33-40-15-11-38(12-16-40)31-42-21-27-50(52)28-22-42)19-25-48(46)37-49-26-20-45(36-47(49)10-8-6-4-2)34-41-17-13-39(14-18-41)32-43-23-29-51(53)30-24-43/h11-30,35-36H,3-10,31-34,37,52-53H2,1-2H3. The van der Waals surface area contributed by atoms with Crippen molar-refractivity contribution in [1.29, 1.82) is 0 Å². The number of aryl methyl sites for hydroxylation is 2. The van der Waals surface area contributed by atoms with E-state index in [0.717, 1.165) is 56.3 Å². The number of nitrogens with two attached hydrogens (primary N) is 2. The largest absolute Gasteiger partial charge is 0.399 e. The Morgan fingerprint density at radius 2 is 0.585 bits per heavy atom. The number of hydrogen-bond donors (Lipinski definition) is 2. The normalized spacial score (nSPS) is 11.2. The van der Waals surface area contributed by atoms with Crippen LogP contribution in [0.3, 0.4) is 0 Å². The van der Waals surface area contributed by atoms with Crippen LogP contribution in [0.5, 0.6) is 0 Å². The molecular weight excluding hydrogens is 641 g/mol. The molecule has 6 rings (SSSR count). The van der Waals surface area contributed by atoms with Crippen LogP contribution < -0.4 is 11.5 Å². The van der Waals surface area contributed by atoms with E-state index in [9.17, 15) is 0 Å². The van der Waals surface area contributed by atoms with Gasteiger partial charge in [0.1, 0.15) is 0 Å². The molecule has 0 spiro atoms. The van der Waals surface area contributed by atoms with Gasteiger partial charge in [-0.2, -0.15) is 0 Å². The topological polar surface area (TPSA) is 52.0 Å². The quantitative estimate of drug-likeness (QED) is 0.0693. The first-order chi connectivity index (χ1) is 25.9. The Bertz CT molecular complexity index is 1850. The summed E-state index contributed by atoms with van der Waals surface area (Å²) in [4.78, 5) is 0. The highest BCUT2D eigenvalue weighted by atomic mass is 14.5. The fourth-order valence-corrected chi connectivity index (χ4v) is 7.49. The molecule has 0 bridgehead atoms. The van der Waals surface area contributed by atoms with Crippen molar-refractivity contribution in [2.45, 2.75) is 97.3 Å². The maximum atomic E-state index is 5.88. The third-order valence-corrected chi connectivity index (χ3v) is 10.7. The van der Waals surface area contributed by atoms with E-state index in [2.05, 4.69) is 123 Å². The Morgan fingerprint density at radius 1 is 0.302 bits per heavy atom. The molecule has 0 heterocycles. The molecular formula is C51H58N2. The zero-order valence-electron chi connectivity index (χ0n) is 32.0. The van der Waals surface area contributed by atoms with Gasteiger partial charge < -0.3 is 11.5 Å². The molecule has 2 nitrogen and oxygen atoms in total. The fraction of sp³-hybridized carbons (Fsp3) is 0.294. The van der Waals surface area contributed by atoms with E-state index in [-0.39, 0.29) is 0 Å². The van der Waals surface area contributed by atoms with Crippen molar-refractivity contribution < 1.29 is 0 Å². The smallest absolute Gasteiger partial charge is 0.0314 e. The Morgan fingerprint density at radius 3 is 0.906 bits per heavy atom. The number of rotatable bonds is 18. The van der Waals surface area contributed by atoms with Gasteiger partial charge >= 0.3 is 0 Å². The van der Waals surface area contributed by atoms with Crippen LogP contribution in [0.2, 0.25) is 0 Å². The van der Waals surface area contributed by atoms with Gasteiger partial charge in [0, 0.05) is 11.4 Å². The van der Waals surface area contributed by atoms with Crippen molar-refractivity contribution in [3.8, 4) is 0 Å². The van der Waals surface area contributed by atoms with Crippen molar-refractivity contribution in [2.24, 2.45) is 0 Å². The number of unbranched alkanes of at least 4 members (excludes halogenated alkanes) is 4. The minimum atomic E-state index is 0.814. The average molecular weight is 699 g/mol. The van der Waals surface area contributed by atoms with E-state index < -0.39 is 0 Å². The molecule has 0 fully saturated rings. The summed E-state index contributed by atoms with van der Waals surface area (Å²) < 4.78 is 0. The van der Waals surface area contributed by atoms with Crippen molar-refractivity contribution in [2.75, 3.05) is 11.5 Å². The second-order valence-electron chi connectivity index (χ2n) is 15.1. The van der Waals surface area contributed by atoms with Crippen molar-refractivity contribution >= 4 is 11.4 Å². The molecule has 0 saturated heterocycles. The summed E-state index contributed by atoms with van der Waals surface area (Å²) in [5.74, 6) is 0. The van der Waals surface area contributed by atoms with Gasteiger partial charge in [0.05, 0.1) is 0 Å². The molecule has 6 aromatic carbocycles. The predicted octanol–water partition coefficient (Wildman–Crippen LogP) is 12.3. The van der Waals surface area contributed by atoms with E-state index in [1.165, 1.54) is 105 Å². The van der Waals surface area contributed by atoms with Gasteiger partial charge in [-0.15, -0.1) is 0 Å². The van der Waals surface area contributed by atoms with Gasteiger partial charge in [-0.1, -0.05) is 149 Å². The first-order valence-electron chi connectivity index (χ1n) is 20.0. The second kappa shape index (κ2) is 19.1. The predicted molar refractivity (Wildman–Crippen MR) is 228 cm³/mol. The Balaban J connectivity index is 1.16. The average Bonchev–Trinajstić information content (AvgIpc) is 3.17. The maximum absolute atomic E-state index is 5.88. The van der Waals surface area contributed by atoms with Crippen LogP contribution in [0.25, 0.3) is 0 Å². The van der Waals surface area contributed by atoms with Gasteiger partial charge in [0.2, 0.25) is 0 Å². The highest BCUT2D eigenvalue weighted by molar-refractivity contribution is 5.45. The van der Waals surface area contributed by atoms with Gasteiger partial charge in [-0.3, -0.25) is 0 Å². The lowest BCUT2D eigenvalue weighted by molar-refractivity contribution is 0.710. The molecule has 4 N–H and O–H groups in total. The van der Waals surface area contributed by atoms with Crippen molar-refractivity contribution in [1.82, 2.24) is 0 Å². The third kappa shape index (κ3) is 11.5. The minimum absolute atomic E-state index is 0.814. The summed E-state index contributed by atoms with van der Waals surface area (Å²) >= 11 is 0. The molecule has 2 heteroatoms. The second-order valence-corrected chi connectivity index (χ2v) is 15.1. The highest BCUT2D eigenvalue weighted by Gasteiger charge is 2.12. The first kappa shape index (κ1) is 37.7. The Labute approximate surface area is 319 Å². The van der Waals surface area contributed by atoms with E-state index in [4.69, 9.17) is 11.5 Å². The maximum Gasteiger partial charge on any atom is 0.0314 e. The number of benzene rings is 6. The summed E-state index contributed by atoms with van der Waals surface area (Å²) in [5.41, 5.74) is 30.2. The van der Waals surface area contributed by atoms with Crippen LogP contribution in [0.15, 0.2) is 133 Å². The molecule has 0 aliphatic rings. The van der Waals surface area contributed by atoms with Gasteiger partial charge in [-0.25, -0.2) is 0 Å².